The summed E-state index contributed by atoms with van der Waals surface area (Å²) < 4.78 is 7.59. The maximum Gasteiger partial charge on any atom is 0.315 e. The Labute approximate surface area is 167 Å². The van der Waals surface area contributed by atoms with Gasteiger partial charge < -0.3 is 9.30 Å². The van der Waals surface area contributed by atoms with Crippen molar-refractivity contribution in [1.82, 2.24) is 4.57 Å². The van der Waals surface area contributed by atoms with E-state index in [0.29, 0.717) is 0 Å². The summed E-state index contributed by atoms with van der Waals surface area (Å²) in [4.78, 5) is 26.2. The number of esters is 1. The van der Waals surface area contributed by atoms with Gasteiger partial charge in [-0.2, -0.15) is 0 Å². The molecule has 4 heteroatoms. The van der Waals surface area contributed by atoms with Crippen LogP contribution in [-0.4, -0.2) is 22.4 Å². The fourth-order valence-electron chi connectivity index (χ4n) is 4.22. The summed E-state index contributed by atoms with van der Waals surface area (Å²) >= 11 is 0. The van der Waals surface area contributed by atoms with Crippen molar-refractivity contribution in [3.8, 4) is 0 Å². The van der Waals surface area contributed by atoms with Gasteiger partial charge in [-0.1, -0.05) is 44.0 Å². The van der Waals surface area contributed by atoms with E-state index in [1.165, 1.54) is 0 Å². The summed E-state index contributed by atoms with van der Waals surface area (Å²) in [6.07, 6.45) is 4.44. The summed E-state index contributed by atoms with van der Waals surface area (Å²) in [6, 6.07) is 9.91. The minimum Gasteiger partial charge on any atom is -0.462 e. The van der Waals surface area contributed by atoms with Crippen molar-refractivity contribution >= 4 is 11.8 Å². The van der Waals surface area contributed by atoms with Gasteiger partial charge in [0, 0.05) is 17.8 Å². The predicted molar refractivity (Wildman–Crippen MR) is 111 cm³/mol. The van der Waals surface area contributed by atoms with E-state index in [1.807, 2.05) is 51.1 Å². The monoisotopic (exact) mass is 381 g/mol. The molecule has 1 aliphatic rings. The molecule has 0 radical (unpaired) electrons. The molecular weight excluding hydrogens is 350 g/mol. The quantitative estimate of drug-likeness (QED) is 0.510. The van der Waals surface area contributed by atoms with Crippen LogP contribution >= 0.6 is 0 Å². The van der Waals surface area contributed by atoms with E-state index < -0.39 is 0 Å². The summed E-state index contributed by atoms with van der Waals surface area (Å²) in [7, 11) is 0. The maximum atomic E-state index is 13.5. The highest BCUT2D eigenvalue weighted by atomic mass is 16.5. The van der Waals surface area contributed by atoms with E-state index in [-0.39, 0.29) is 23.8 Å². The van der Waals surface area contributed by atoms with Crippen LogP contribution in [0.25, 0.3) is 0 Å². The molecule has 0 N–H and O–H groups in total. The molecule has 1 aromatic carbocycles. The number of aryl methyl sites for hydroxylation is 2. The van der Waals surface area contributed by atoms with E-state index in [2.05, 4.69) is 11.5 Å². The van der Waals surface area contributed by atoms with Gasteiger partial charge >= 0.3 is 5.97 Å². The lowest BCUT2D eigenvalue weighted by Gasteiger charge is -2.18. The van der Waals surface area contributed by atoms with Crippen LogP contribution in [0.3, 0.4) is 0 Å². The van der Waals surface area contributed by atoms with Crippen LogP contribution in [0.5, 0.6) is 0 Å². The number of fused-ring (bicyclic) bond motifs is 1. The standard InChI is InChI=1S/C24H31NO3/c1-5-10-18-11-6-7-12-19(18)23(26)22-17(4)15-21-20(24(27)28-16(2)3)13-8-9-14-25(21)22/h6-7,11-12,15-16,20H,5,8-10,13-14H2,1-4H3. The van der Waals surface area contributed by atoms with Crippen molar-refractivity contribution < 1.29 is 14.3 Å². The minimum atomic E-state index is -0.295. The lowest BCUT2D eigenvalue weighted by Crippen LogP contribution is -2.22. The van der Waals surface area contributed by atoms with Crippen LogP contribution in [0.4, 0.5) is 0 Å². The lowest BCUT2D eigenvalue weighted by molar-refractivity contribution is -0.149. The van der Waals surface area contributed by atoms with Crippen molar-refractivity contribution in [3.63, 3.8) is 0 Å². The van der Waals surface area contributed by atoms with Crippen LogP contribution in [0.15, 0.2) is 30.3 Å². The SMILES string of the molecule is CCCc1ccccc1C(=O)c1c(C)cc2n1CCCCC2C(=O)OC(C)C. The fourth-order valence-corrected chi connectivity index (χ4v) is 4.22. The van der Waals surface area contributed by atoms with Crippen LogP contribution in [0.2, 0.25) is 0 Å². The van der Waals surface area contributed by atoms with Crippen LogP contribution < -0.4 is 0 Å². The van der Waals surface area contributed by atoms with Gasteiger partial charge in [0.2, 0.25) is 5.78 Å². The first-order valence-corrected chi connectivity index (χ1v) is 10.5. The molecule has 1 atom stereocenters. The number of nitrogens with zero attached hydrogens (tertiary/aromatic N) is 1. The fraction of sp³-hybridized carbons (Fsp3) is 0.500. The highest BCUT2D eigenvalue weighted by Crippen LogP contribution is 2.33. The first-order valence-electron chi connectivity index (χ1n) is 10.5. The predicted octanol–water partition coefficient (Wildman–Crippen LogP) is 5.20. The Hall–Kier alpha value is -2.36. The van der Waals surface area contributed by atoms with Crippen molar-refractivity contribution in [3.05, 3.63) is 58.4 Å². The van der Waals surface area contributed by atoms with Crippen LogP contribution in [-0.2, 0) is 22.5 Å². The minimum absolute atomic E-state index is 0.0608. The van der Waals surface area contributed by atoms with Gasteiger partial charge in [-0.05, 0) is 57.2 Å². The van der Waals surface area contributed by atoms with E-state index in [4.69, 9.17) is 4.74 Å². The highest BCUT2D eigenvalue weighted by molar-refractivity contribution is 6.10. The first-order chi connectivity index (χ1) is 13.4. The van der Waals surface area contributed by atoms with Crippen molar-refractivity contribution in [2.75, 3.05) is 0 Å². The molecule has 0 bridgehead atoms. The Morgan fingerprint density at radius 1 is 1.21 bits per heavy atom. The van der Waals surface area contributed by atoms with Gasteiger partial charge in [0.25, 0.3) is 0 Å². The average Bonchev–Trinajstić information content (AvgIpc) is 2.83. The molecule has 1 aromatic heterocycles. The summed E-state index contributed by atoms with van der Waals surface area (Å²) in [5, 5.41) is 0. The van der Waals surface area contributed by atoms with E-state index >= 15 is 0 Å². The van der Waals surface area contributed by atoms with Crippen molar-refractivity contribution in [2.24, 2.45) is 0 Å². The number of hydrogen-bond donors (Lipinski definition) is 0. The zero-order valence-corrected chi connectivity index (χ0v) is 17.5. The molecule has 2 heterocycles. The number of carbonyl (C=O) groups excluding carboxylic acids is 2. The Morgan fingerprint density at radius 2 is 1.96 bits per heavy atom. The lowest BCUT2D eigenvalue weighted by atomic mass is 9.97. The third-order valence-electron chi connectivity index (χ3n) is 5.43. The van der Waals surface area contributed by atoms with Crippen molar-refractivity contribution in [2.45, 2.75) is 78.4 Å². The summed E-state index contributed by atoms with van der Waals surface area (Å²) in [5.41, 5.74) is 4.46. The maximum absolute atomic E-state index is 13.5. The number of benzene rings is 1. The Kier molecular flexibility index (Phi) is 6.38. The molecule has 0 fully saturated rings. The largest absolute Gasteiger partial charge is 0.462 e. The Bertz CT molecular complexity index is 863. The second kappa shape index (κ2) is 8.76. The highest BCUT2D eigenvalue weighted by Gasteiger charge is 2.32. The molecule has 3 rings (SSSR count). The van der Waals surface area contributed by atoms with Crippen LogP contribution in [0, 0.1) is 6.92 Å². The molecule has 1 unspecified atom stereocenters. The third-order valence-corrected chi connectivity index (χ3v) is 5.43. The number of aromatic nitrogens is 1. The normalized spacial score (nSPS) is 16.5. The third kappa shape index (κ3) is 4.06. The Balaban J connectivity index is 2.04. The van der Waals surface area contributed by atoms with Gasteiger partial charge in [0.05, 0.1) is 17.7 Å². The molecule has 28 heavy (non-hydrogen) atoms. The molecule has 0 spiro atoms. The van der Waals surface area contributed by atoms with Crippen molar-refractivity contribution in [1.29, 1.82) is 0 Å². The molecular formula is C24H31NO3. The number of ketones is 1. The second-order valence-corrected chi connectivity index (χ2v) is 8.02. The smallest absolute Gasteiger partial charge is 0.315 e. The number of carbonyl (C=O) groups is 2. The number of ether oxygens (including phenoxy) is 1. The Morgan fingerprint density at radius 3 is 2.68 bits per heavy atom. The number of rotatable bonds is 6. The molecule has 0 saturated heterocycles. The molecule has 0 aliphatic carbocycles. The van der Waals surface area contributed by atoms with Crippen LogP contribution in [0.1, 0.15) is 85.2 Å². The number of hydrogen-bond acceptors (Lipinski definition) is 3. The second-order valence-electron chi connectivity index (χ2n) is 8.02. The van der Waals surface area contributed by atoms with Gasteiger partial charge in [-0.15, -0.1) is 0 Å². The molecule has 0 amide bonds. The first kappa shape index (κ1) is 20.4. The summed E-state index contributed by atoms with van der Waals surface area (Å²) in [6.45, 7) is 8.62. The van der Waals surface area contributed by atoms with E-state index in [1.54, 1.807) is 0 Å². The zero-order chi connectivity index (χ0) is 20.3. The summed E-state index contributed by atoms with van der Waals surface area (Å²) in [5.74, 6) is -0.414. The van der Waals surface area contributed by atoms with Gasteiger partial charge in [-0.3, -0.25) is 9.59 Å². The molecule has 2 aromatic rings. The van der Waals surface area contributed by atoms with Gasteiger partial charge in [-0.25, -0.2) is 0 Å². The molecule has 0 saturated carbocycles. The topological polar surface area (TPSA) is 48.3 Å². The van der Waals surface area contributed by atoms with E-state index in [9.17, 15) is 9.59 Å². The molecule has 1 aliphatic heterocycles. The molecule has 4 nitrogen and oxygen atoms in total. The van der Waals surface area contributed by atoms with E-state index in [0.717, 1.165) is 66.7 Å². The zero-order valence-electron chi connectivity index (χ0n) is 17.5. The molecule has 150 valence electrons. The van der Waals surface area contributed by atoms with Gasteiger partial charge in [0.1, 0.15) is 0 Å². The average molecular weight is 382 g/mol. The van der Waals surface area contributed by atoms with Gasteiger partial charge in [0.15, 0.2) is 0 Å².